The second-order valence-electron chi connectivity index (χ2n) is 3.71. The van der Waals surface area contributed by atoms with Crippen LogP contribution in [0.15, 0.2) is 4.99 Å². The van der Waals surface area contributed by atoms with Gasteiger partial charge < -0.3 is 9.64 Å². The molecule has 2 heterocycles. The lowest BCUT2D eigenvalue weighted by atomic mass is 10.2. The molecule has 2 aliphatic heterocycles. The number of ether oxygens (including phenoxy) is 1. The predicted molar refractivity (Wildman–Crippen MR) is 53.2 cm³/mol. The fraction of sp³-hybridized carbons (Fsp3) is 0.900. The largest absolute Gasteiger partial charge is 0.378 e. The average molecular weight is 182 g/mol. The van der Waals surface area contributed by atoms with Gasteiger partial charge in [-0.1, -0.05) is 6.42 Å². The highest BCUT2D eigenvalue weighted by Gasteiger charge is 2.15. The summed E-state index contributed by atoms with van der Waals surface area (Å²) in [6, 6.07) is 0. The highest BCUT2D eigenvalue weighted by atomic mass is 16.5. The van der Waals surface area contributed by atoms with Crippen molar-refractivity contribution in [3.05, 3.63) is 0 Å². The molecule has 0 aromatic carbocycles. The second kappa shape index (κ2) is 4.61. The molecule has 1 saturated heterocycles. The minimum atomic E-state index is 0.874. The van der Waals surface area contributed by atoms with Crippen molar-refractivity contribution in [2.75, 3.05) is 32.8 Å². The summed E-state index contributed by atoms with van der Waals surface area (Å²) < 4.78 is 5.33. The first kappa shape index (κ1) is 9.00. The predicted octanol–water partition coefficient (Wildman–Crippen LogP) is 1.29. The van der Waals surface area contributed by atoms with Crippen LogP contribution in [-0.4, -0.2) is 43.6 Å². The van der Waals surface area contributed by atoms with Crippen LogP contribution in [0.25, 0.3) is 0 Å². The van der Waals surface area contributed by atoms with Crippen molar-refractivity contribution in [3.63, 3.8) is 0 Å². The Bertz CT molecular complexity index is 185. The summed E-state index contributed by atoms with van der Waals surface area (Å²) in [6.45, 7) is 4.86. The molecule has 2 rings (SSSR count). The minimum absolute atomic E-state index is 0.874. The third kappa shape index (κ3) is 2.44. The van der Waals surface area contributed by atoms with E-state index in [0.717, 1.165) is 32.8 Å². The van der Waals surface area contributed by atoms with E-state index in [0.29, 0.717) is 0 Å². The molecule has 74 valence electrons. The highest BCUT2D eigenvalue weighted by molar-refractivity contribution is 5.82. The SMILES string of the molecule is C1CCN=C(N2CCOCC2)CC1. The van der Waals surface area contributed by atoms with Crippen LogP contribution in [0.4, 0.5) is 0 Å². The third-order valence-corrected chi connectivity index (χ3v) is 2.73. The van der Waals surface area contributed by atoms with Crippen LogP contribution in [-0.2, 0) is 4.74 Å². The van der Waals surface area contributed by atoms with E-state index in [9.17, 15) is 0 Å². The maximum absolute atomic E-state index is 5.33. The van der Waals surface area contributed by atoms with Crippen LogP contribution in [0.5, 0.6) is 0 Å². The number of hydrogen-bond acceptors (Lipinski definition) is 3. The lowest BCUT2D eigenvalue weighted by Crippen LogP contribution is -2.40. The fourth-order valence-corrected chi connectivity index (χ4v) is 1.94. The molecule has 0 radical (unpaired) electrons. The molecule has 2 aliphatic rings. The van der Waals surface area contributed by atoms with Crippen LogP contribution in [0.2, 0.25) is 0 Å². The van der Waals surface area contributed by atoms with Gasteiger partial charge >= 0.3 is 0 Å². The van der Waals surface area contributed by atoms with Gasteiger partial charge in [0.2, 0.25) is 0 Å². The minimum Gasteiger partial charge on any atom is -0.378 e. The molecule has 0 spiro atoms. The molecular weight excluding hydrogens is 164 g/mol. The molecule has 1 fully saturated rings. The fourth-order valence-electron chi connectivity index (χ4n) is 1.94. The summed E-state index contributed by atoms with van der Waals surface area (Å²) >= 11 is 0. The maximum Gasteiger partial charge on any atom is 0.0990 e. The third-order valence-electron chi connectivity index (χ3n) is 2.73. The first-order valence-electron chi connectivity index (χ1n) is 5.33. The Hall–Kier alpha value is -0.570. The zero-order valence-electron chi connectivity index (χ0n) is 8.17. The van der Waals surface area contributed by atoms with E-state index in [2.05, 4.69) is 9.89 Å². The van der Waals surface area contributed by atoms with Crippen LogP contribution >= 0.6 is 0 Å². The zero-order valence-corrected chi connectivity index (χ0v) is 8.17. The number of morpholine rings is 1. The molecule has 0 aliphatic carbocycles. The summed E-state index contributed by atoms with van der Waals surface area (Å²) in [7, 11) is 0. The lowest BCUT2D eigenvalue weighted by Gasteiger charge is -2.29. The van der Waals surface area contributed by atoms with Gasteiger partial charge in [0.05, 0.1) is 19.0 Å². The average Bonchev–Trinajstić information content (AvgIpc) is 2.47. The van der Waals surface area contributed by atoms with Gasteiger partial charge in [0.15, 0.2) is 0 Å². The van der Waals surface area contributed by atoms with Crippen LogP contribution in [0.1, 0.15) is 25.7 Å². The van der Waals surface area contributed by atoms with Crippen LogP contribution < -0.4 is 0 Å². The van der Waals surface area contributed by atoms with E-state index in [1.807, 2.05) is 0 Å². The van der Waals surface area contributed by atoms with Crippen molar-refractivity contribution in [2.24, 2.45) is 4.99 Å². The summed E-state index contributed by atoms with van der Waals surface area (Å²) in [5.41, 5.74) is 0. The molecule has 3 nitrogen and oxygen atoms in total. The topological polar surface area (TPSA) is 24.8 Å². The standard InChI is InChI=1S/C10H18N2O/c1-2-4-10(11-5-3-1)12-6-8-13-9-7-12/h1-9H2. The van der Waals surface area contributed by atoms with Gasteiger partial charge in [0, 0.05) is 26.1 Å². The van der Waals surface area contributed by atoms with Crippen molar-refractivity contribution in [1.82, 2.24) is 4.90 Å². The summed E-state index contributed by atoms with van der Waals surface area (Å²) in [5, 5.41) is 0. The van der Waals surface area contributed by atoms with E-state index in [1.165, 1.54) is 31.5 Å². The molecule has 0 aromatic heterocycles. The Balaban J connectivity index is 1.92. The first-order valence-corrected chi connectivity index (χ1v) is 5.33. The zero-order chi connectivity index (χ0) is 8.93. The molecule has 0 saturated carbocycles. The quantitative estimate of drug-likeness (QED) is 0.564. The van der Waals surface area contributed by atoms with Gasteiger partial charge in [0.25, 0.3) is 0 Å². The van der Waals surface area contributed by atoms with E-state index in [1.54, 1.807) is 0 Å². The van der Waals surface area contributed by atoms with Gasteiger partial charge in [-0.05, 0) is 12.8 Å². The molecule has 0 atom stereocenters. The van der Waals surface area contributed by atoms with Crippen molar-refractivity contribution in [1.29, 1.82) is 0 Å². The van der Waals surface area contributed by atoms with Gasteiger partial charge in [-0.3, -0.25) is 4.99 Å². The van der Waals surface area contributed by atoms with Crippen LogP contribution in [0, 0.1) is 0 Å². The van der Waals surface area contributed by atoms with Gasteiger partial charge in [0.1, 0.15) is 0 Å². The van der Waals surface area contributed by atoms with E-state index < -0.39 is 0 Å². The number of nitrogens with zero attached hydrogens (tertiary/aromatic N) is 2. The molecule has 13 heavy (non-hydrogen) atoms. The number of aliphatic imine (C=N–C) groups is 1. The van der Waals surface area contributed by atoms with Gasteiger partial charge in [-0.25, -0.2) is 0 Å². The summed E-state index contributed by atoms with van der Waals surface area (Å²) in [5.74, 6) is 1.33. The smallest absolute Gasteiger partial charge is 0.0990 e. The normalized spacial score (nSPS) is 25.2. The Labute approximate surface area is 79.8 Å². The van der Waals surface area contributed by atoms with Crippen molar-refractivity contribution in [3.8, 4) is 0 Å². The first-order chi connectivity index (χ1) is 6.47. The van der Waals surface area contributed by atoms with Crippen molar-refractivity contribution < 1.29 is 4.74 Å². The molecule has 0 unspecified atom stereocenters. The number of rotatable bonds is 0. The Morgan fingerprint density at radius 2 is 1.92 bits per heavy atom. The van der Waals surface area contributed by atoms with Crippen LogP contribution in [0.3, 0.4) is 0 Å². The van der Waals surface area contributed by atoms with E-state index in [4.69, 9.17) is 4.74 Å². The molecular formula is C10H18N2O. The Morgan fingerprint density at radius 1 is 1.08 bits per heavy atom. The number of amidine groups is 1. The van der Waals surface area contributed by atoms with Gasteiger partial charge in [-0.15, -0.1) is 0 Å². The molecule has 0 amide bonds. The summed E-state index contributed by atoms with van der Waals surface area (Å²) in [6.07, 6.45) is 5.11. The lowest BCUT2D eigenvalue weighted by molar-refractivity contribution is 0.0671. The van der Waals surface area contributed by atoms with E-state index in [-0.39, 0.29) is 0 Å². The highest BCUT2D eigenvalue weighted by Crippen LogP contribution is 2.11. The maximum atomic E-state index is 5.33. The second-order valence-corrected chi connectivity index (χ2v) is 3.71. The Morgan fingerprint density at radius 3 is 2.77 bits per heavy atom. The van der Waals surface area contributed by atoms with Crippen molar-refractivity contribution >= 4 is 5.84 Å². The number of hydrogen-bond donors (Lipinski definition) is 0. The molecule has 0 aromatic rings. The van der Waals surface area contributed by atoms with Crippen molar-refractivity contribution in [2.45, 2.75) is 25.7 Å². The monoisotopic (exact) mass is 182 g/mol. The molecule has 0 N–H and O–H groups in total. The van der Waals surface area contributed by atoms with Gasteiger partial charge in [-0.2, -0.15) is 0 Å². The summed E-state index contributed by atoms with van der Waals surface area (Å²) in [4.78, 5) is 7.03. The van der Waals surface area contributed by atoms with E-state index >= 15 is 0 Å². The molecule has 0 bridgehead atoms. The Kier molecular flexibility index (Phi) is 3.19. The molecule has 3 heteroatoms.